The van der Waals surface area contributed by atoms with Crippen LogP contribution in [0.5, 0.6) is 5.75 Å². The zero-order chi connectivity index (χ0) is 33.1. The molecule has 1 aliphatic heterocycles. The van der Waals surface area contributed by atoms with Crippen LogP contribution in [-0.2, 0) is 21.1 Å². The molecule has 0 bridgehead atoms. The minimum Gasteiger partial charge on any atom is -0.507 e. The summed E-state index contributed by atoms with van der Waals surface area (Å²) in [6.07, 6.45) is 2.54. The van der Waals surface area contributed by atoms with Crippen molar-refractivity contribution >= 4 is 32.6 Å². The monoisotopic (exact) mass is 649 g/mol. The number of para-hydroxylation sites is 1. The second-order valence-electron chi connectivity index (χ2n) is 11.8. The molecule has 6 rings (SSSR count). The molecule has 0 unspecified atom stereocenters. The number of aromatic hydroxyl groups is 1. The van der Waals surface area contributed by atoms with Crippen LogP contribution in [0.3, 0.4) is 0 Å². The molecule has 240 valence electrons. The van der Waals surface area contributed by atoms with Gasteiger partial charge in [0.1, 0.15) is 23.1 Å². The number of benzene rings is 2. The number of carbonyl (C=O) groups excluding carboxylic acids is 1. The summed E-state index contributed by atoms with van der Waals surface area (Å²) < 4.78 is 59.5. The highest BCUT2D eigenvalue weighted by molar-refractivity contribution is 7.92. The number of aryl methyl sites for hydroxylation is 1. The highest BCUT2D eigenvalue weighted by atomic mass is 32.2. The first-order valence-electron chi connectivity index (χ1n) is 15.1. The molecule has 2 fully saturated rings. The molecule has 0 radical (unpaired) electrons. The number of phenols is 1. The van der Waals surface area contributed by atoms with Crippen LogP contribution in [0.1, 0.15) is 39.2 Å². The van der Waals surface area contributed by atoms with Crippen LogP contribution in [0.15, 0.2) is 64.8 Å². The van der Waals surface area contributed by atoms with Gasteiger partial charge < -0.3 is 14.9 Å². The number of amides is 1. The molecule has 1 saturated heterocycles. The molecule has 2 aliphatic rings. The molecule has 1 aliphatic carbocycles. The lowest BCUT2D eigenvalue weighted by molar-refractivity contribution is -0.128. The van der Waals surface area contributed by atoms with E-state index in [0.29, 0.717) is 24.8 Å². The molecule has 1 saturated carbocycles. The summed E-state index contributed by atoms with van der Waals surface area (Å²) in [4.78, 5) is 38.9. The van der Waals surface area contributed by atoms with E-state index >= 15 is 8.78 Å². The highest BCUT2D eigenvalue weighted by Gasteiger charge is 2.40. The van der Waals surface area contributed by atoms with E-state index in [-0.39, 0.29) is 58.5 Å². The minimum atomic E-state index is -3.86. The van der Waals surface area contributed by atoms with Gasteiger partial charge in [-0.2, -0.15) is 4.98 Å². The van der Waals surface area contributed by atoms with Crippen molar-refractivity contribution in [1.82, 2.24) is 19.4 Å². The number of hydrogen-bond acceptors (Lipinski definition) is 8. The summed E-state index contributed by atoms with van der Waals surface area (Å²) in [6.45, 7) is 9.54. The molecule has 3 heterocycles. The number of carbonyl (C=O) groups is 1. The third-order valence-electron chi connectivity index (χ3n) is 8.70. The van der Waals surface area contributed by atoms with Crippen LogP contribution in [0.25, 0.3) is 28.0 Å². The lowest BCUT2D eigenvalue weighted by Gasteiger charge is -2.44. The van der Waals surface area contributed by atoms with Crippen LogP contribution >= 0.6 is 0 Å². The summed E-state index contributed by atoms with van der Waals surface area (Å²) in [5, 5.41) is 10.0. The fourth-order valence-corrected chi connectivity index (χ4v) is 8.06. The van der Waals surface area contributed by atoms with E-state index in [9.17, 15) is 23.1 Å². The van der Waals surface area contributed by atoms with Crippen LogP contribution in [0.4, 0.5) is 14.6 Å². The number of phenolic OH excluding ortho intramolecular Hbond substituents is 1. The van der Waals surface area contributed by atoms with Gasteiger partial charge in [-0.05, 0) is 69.0 Å². The average Bonchev–Trinajstić information content (AvgIpc) is 3.88. The standard InChI is InChI=1S/C33H33F2N5O5S/c1-5-20-9-7-12-26(46(44,45)21-13-14-21)30(20)40-32-22(15-24(35)29(36-32)28-23(34)10-8-11-25(28)41)31(37-33(40)43)39-17-18(3)38(16-19(39)4)27(42)6-2/h6-12,15,18-19,21,41H,2,5,13-14,16-17H2,1,3-4H3/t18-,19+/m1/s1. The average molecular weight is 650 g/mol. The van der Waals surface area contributed by atoms with Gasteiger partial charge in [-0.1, -0.05) is 31.7 Å². The smallest absolute Gasteiger partial charge is 0.355 e. The van der Waals surface area contributed by atoms with Gasteiger partial charge in [0.25, 0.3) is 0 Å². The van der Waals surface area contributed by atoms with Gasteiger partial charge in [-0.25, -0.2) is 31.5 Å². The van der Waals surface area contributed by atoms with E-state index < -0.39 is 49.4 Å². The molecular weight excluding hydrogens is 616 g/mol. The summed E-state index contributed by atoms with van der Waals surface area (Å²) in [5.74, 6) is -2.67. The Hall–Kier alpha value is -4.65. The largest absolute Gasteiger partial charge is 0.507 e. The Balaban J connectivity index is 1.69. The number of hydrogen-bond donors (Lipinski definition) is 1. The summed E-state index contributed by atoms with van der Waals surface area (Å²) in [7, 11) is -3.86. The second kappa shape index (κ2) is 11.6. The Bertz CT molecular complexity index is 2060. The molecule has 1 amide bonds. The van der Waals surface area contributed by atoms with Gasteiger partial charge in [0.15, 0.2) is 21.3 Å². The predicted molar refractivity (Wildman–Crippen MR) is 170 cm³/mol. The fraction of sp³-hybridized carbons (Fsp3) is 0.333. The van der Waals surface area contributed by atoms with E-state index in [1.54, 1.807) is 21.9 Å². The molecule has 2 aromatic carbocycles. The van der Waals surface area contributed by atoms with Crippen molar-refractivity contribution in [2.75, 3.05) is 18.0 Å². The topological polar surface area (TPSA) is 126 Å². The third kappa shape index (κ3) is 5.12. The molecular formula is C33H33F2N5O5S. The maximum Gasteiger partial charge on any atom is 0.355 e. The quantitative estimate of drug-likeness (QED) is 0.290. The van der Waals surface area contributed by atoms with E-state index in [0.717, 1.165) is 16.7 Å². The van der Waals surface area contributed by atoms with Crippen molar-refractivity contribution in [2.24, 2.45) is 0 Å². The number of aromatic nitrogens is 3. The van der Waals surface area contributed by atoms with Crippen LogP contribution < -0.4 is 10.6 Å². The van der Waals surface area contributed by atoms with Gasteiger partial charge >= 0.3 is 5.69 Å². The van der Waals surface area contributed by atoms with Crippen molar-refractivity contribution in [2.45, 2.75) is 62.3 Å². The first kappa shape index (κ1) is 31.3. The van der Waals surface area contributed by atoms with E-state index in [4.69, 9.17) is 0 Å². The number of rotatable bonds is 7. The van der Waals surface area contributed by atoms with Gasteiger partial charge in [0, 0.05) is 25.2 Å². The molecule has 13 heteroatoms. The SMILES string of the molecule is C=CC(=O)N1C[C@H](C)N(c2nc(=O)n(-c3c(CC)cccc3S(=O)(=O)C3CC3)c3nc(-c4c(O)cccc4F)c(F)cc23)C[C@H]1C. The highest BCUT2D eigenvalue weighted by Crippen LogP contribution is 2.40. The number of nitrogens with zero attached hydrogens (tertiary/aromatic N) is 5. The Kier molecular flexibility index (Phi) is 7.91. The van der Waals surface area contributed by atoms with Gasteiger partial charge in [-0.15, -0.1) is 0 Å². The number of sulfone groups is 1. The van der Waals surface area contributed by atoms with Crippen molar-refractivity contribution in [3.05, 3.63) is 82.8 Å². The number of fused-ring (bicyclic) bond motifs is 1. The number of anilines is 1. The molecule has 2 atom stereocenters. The third-order valence-corrected chi connectivity index (χ3v) is 11.0. The Morgan fingerprint density at radius 1 is 1.07 bits per heavy atom. The Morgan fingerprint density at radius 2 is 1.78 bits per heavy atom. The zero-order valence-electron chi connectivity index (χ0n) is 25.6. The Labute approximate surface area is 264 Å². The van der Waals surface area contributed by atoms with Crippen LogP contribution in [0, 0.1) is 11.6 Å². The lowest BCUT2D eigenvalue weighted by Crippen LogP contribution is -2.58. The second-order valence-corrected chi connectivity index (χ2v) is 14.0. The molecule has 10 nitrogen and oxygen atoms in total. The molecule has 2 aromatic heterocycles. The summed E-state index contributed by atoms with van der Waals surface area (Å²) >= 11 is 0. The van der Waals surface area contributed by atoms with Gasteiger partial charge in [0.05, 0.1) is 26.8 Å². The summed E-state index contributed by atoms with van der Waals surface area (Å²) in [6, 6.07) is 8.60. The maximum absolute atomic E-state index is 16.0. The normalized spacial score (nSPS) is 18.6. The first-order valence-corrected chi connectivity index (χ1v) is 16.6. The molecule has 4 aromatic rings. The van der Waals surface area contributed by atoms with E-state index in [1.807, 2.05) is 20.8 Å². The molecule has 1 N–H and O–H groups in total. The van der Waals surface area contributed by atoms with Gasteiger partial charge in [0.2, 0.25) is 5.91 Å². The zero-order valence-corrected chi connectivity index (χ0v) is 26.4. The summed E-state index contributed by atoms with van der Waals surface area (Å²) in [5.41, 5.74) is -1.53. The van der Waals surface area contributed by atoms with Crippen molar-refractivity contribution in [1.29, 1.82) is 0 Å². The fourth-order valence-electron chi connectivity index (χ4n) is 6.19. The Morgan fingerprint density at radius 3 is 2.43 bits per heavy atom. The number of pyridine rings is 1. The van der Waals surface area contributed by atoms with Crippen molar-refractivity contribution < 1.29 is 27.1 Å². The predicted octanol–water partition coefficient (Wildman–Crippen LogP) is 4.54. The number of halogens is 2. The van der Waals surface area contributed by atoms with Crippen LogP contribution in [-0.4, -0.2) is 69.3 Å². The maximum atomic E-state index is 16.0. The first-order chi connectivity index (χ1) is 21.9. The van der Waals surface area contributed by atoms with Crippen molar-refractivity contribution in [3.63, 3.8) is 0 Å². The molecule has 46 heavy (non-hydrogen) atoms. The van der Waals surface area contributed by atoms with E-state index in [2.05, 4.69) is 16.5 Å². The van der Waals surface area contributed by atoms with E-state index in [1.165, 1.54) is 24.3 Å². The minimum absolute atomic E-state index is 0.0524. The number of piperazine rings is 1. The lowest BCUT2D eigenvalue weighted by atomic mass is 10.1. The molecule has 0 spiro atoms. The van der Waals surface area contributed by atoms with Gasteiger partial charge in [-0.3, -0.25) is 4.79 Å². The van der Waals surface area contributed by atoms with Crippen molar-refractivity contribution in [3.8, 4) is 22.7 Å². The van der Waals surface area contributed by atoms with Crippen LogP contribution in [0.2, 0.25) is 0 Å².